The fourth-order valence-corrected chi connectivity index (χ4v) is 3.06. The van der Waals surface area contributed by atoms with Crippen LogP contribution in [0.1, 0.15) is 46.5 Å². The highest BCUT2D eigenvalue weighted by Gasteiger charge is 2.17. The average molecular weight is 258 g/mol. The summed E-state index contributed by atoms with van der Waals surface area (Å²) in [6.07, 6.45) is 5.48. The van der Waals surface area contributed by atoms with Crippen molar-refractivity contribution in [2.45, 2.75) is 58.5 Å². The van der Waals surface area contributed by atoms with Crippen LogP contribution in [0, 0.1) is 0 Å². The Bertz CT molecular complexity index is 179. The number of piperidine rings is 1. The molecule has 102 valence electrons. The summed E-state index contributed by atoms with van der Waals surface area (Å²) in [5, 5.41) is 3.66. The first-order chi connectivity index (χ1) is 8.24. The van der Waals surface area contributed by atoms with Crippen molar-refractivity contribution in [1.29, 1.82) is 0 Å². The van der Waals surface area contributed by atoms with Gasteiger partial charge in [-0.1, -0.05) is 13.3 Å². The lowest BCUT2D eigenvalue weighted by Gasteiger charge is -2.33. The predicted octanol–water partition coefficient (Wildman–Crippen LogP) is 2.98. The molecule has 1 aliphatic rings. The van der Waals surface area contributed by atoms with E-state index in [0.717, 1.165) is 6.04 Å². The normalized spacial score (nSPS) is 21.4. The molecule has 1 rings (SSSR count). The minimum absolute atomic E-state index is 0.686. The van der Waals surface area contributed by atoms with E-state index >= 15 is 0 Å². The number of thioether (sulfide) groups is 1. The van der Waals surface area contributed by atoms with Gasteiger partial charge in [-0.2, -0.15) is 11.8 Å². The quantitative estimate of drug-likeness (QED) is 0.674. The summed E-state index contributed by atoms with van der Waals surface area (Å²) in [5.74, 6) is 2.57. The Morgan fingerprint density at radius 3 is 2.76 bits per heavy atom. The molecule has 0 aromatic rings. The zero-order valence-corrected chi connectivity index (χ0v) is 12.7. The molecule has 1 fully saturated rings. The van der Waals surface area contributed by atoms with Gasteiger partial charge in [-0.05, 0) is 57.7 Å². The van der Waals surface area contributed by atoms with Gasteiger partial charge in [0, 0.05) is 18.6 Å². The van der Waals surface area contributed by atoms with Crippen LogP contribution in [0.15, 0.2) is 0 Å². The molecular weight excluding hydrogens is 228 g/mol. The molecule has 0 radical (unpaired) electrons. The molecule has 1 unspecified atom stereocenters. The smallest absolute Gasteiger partial charge is 0.0195 e. The molecular formula is C14H30N2S. The summed E-state index contributed by atoms with van der Waals surface area (Å²) in [4.78, 5) is 2.65. The molecule has 1 atom stereocenters. The first-order valence-corrected chi connectivity index (χ1v) is 8.44. The van der Waals surface area contributed by atoms with Crippen molar-refractivity contribution in [3.63, 3.8) is 0 Å². The maximum Gasteiger partial charge on any atom is 0.0195 e. The van der Waals surface area contributed by atoms with E-state index in [9.17, 15) is 0 Å². The van der Waals surface area contributed by atoms with Crippen molar-refractivity contribution in [2.24, 2.45) is 0 Å². The van der Waals surface area contributed by atoms with Crippen LogP contribution in [0.2, 0.25) is 0 Å². The van der Waals surface area contributed by atoms with E-state index in [4.69, 9.17) is 0 Å². The van der Waals surface area contributed by atoms with Crippen LogP contribution in [0.3, 0.4) is 0 Å². The van der Waals surface area contributed by atoms with Crippen molar-refractivity contribution >= 4 is 11.8 Å². The summed E-state index contributed by atoms with van der Waals surface area (Å²) >= 11 is 2.07. The van der Waals surface area contributed by atoms with E-state index in [-0.39, 0.29) is 0 Å². The number of nitrogens with one attached hydrogen (secondary N) is 1. The fraction of sp³-hybridized carbons (Fsp3) is 1.00. The van der Waals surface area contributed by atoms with E-state index < -0.39 is 0 Å². The third kappa shape index (κ3) is 6.68. The first kappa shape index (κ1) is 15.3. The van der Waals surface area contributed by atoms with Crippen LogP contribution < -0.4 is 5.32 Å². The van der Waals surface area contributed by atoms with Crippen LogP contribution in [0.4, 0.5) is 0 Å². The summed E-state index contributed by atoms with van der Waals surface area (Å²) < 4.78 is 0. The Hall–Kier alpha value is 0.270. The van der Waals surface area contributed by atoms with Gasteiger partial charge in [0.15, 0.2) is 0 Å². The van der Waals surface area contributed by atoms with Gasteiger partial charge >= 0.3 is 0 Å². The Balaban J connectivity index is 2.21. The van der Waals surface area contributed by atoms with Crippen molar-refractivity contribution in [3.8, 4) is 0 Å². The molecule has 0 amide bonds. The number of hydrogen-bond donors (Lipinski definition) is 1. The van der Waals surface area contributed by atoms with Crippen LogP contribution in [-0.2, 0) is 0 Å². The predicted molar refractivity (Wildman–Crippen MR) is 80.0 cm³/mol. The van der Waals surface area contributed by atoms with Gasteiger partial charge < -0.3 is 5.32 Å². The first-order valence-electron chi connectivity index (χ1n) is 7.29. The van der Waals surface area contributed by atoms with E-state index in [0.29, 0.717) is 6.04 Å². The van der Waals surface area contributed by atoms with Gasteiger partial charge in [-0.3, -0.25) is 4.90 Å². The van der Waals surface area contributed by atoms with E-state index in [1.165, 1.54) is 56.8 Å². The average Bonchev–Trinajstić information content (AvgIpc) is 2.34. The lowest BCUT2D eigenvalue weighted by molar-refractivity contribution is 0.186. The number of hydrogen-bond acceptors (Lipinski definition) is 3. The molecule has 0 aromatic carbocycles. The Kier molecular flexibility index (Phi) is 8.33. The molecule has 0 spiro atoms. The molecule has 1 saturated heterocycles. The monoisotopic (exact) mass is 258 g/mol. The minimum Gasteiger partial charge on any atom is -0.313 e. The zero-order chi connectivity index (χ0) is 12.5. The highest BCUT2D eigenvalue weighted by atomic mass is 32.2. The molecule has 0 aliphatic carbocycles. The van der Waals surface area contributed by atoms with Gasteiger partial charge in [0.2, 0.25) is 0 Å². The van der Waals surface area contributed by atoms with Gasteiger partial charge in [0.1, 0.15) is 0 Å². The minimum atomic E-state index is 0.686. The lowest BCUT2D eigenvalue weighted by atomic mass is 10.0. The lowest BCUT2D eigenvalue weighted by Crippen LogP contribution is -2.46. The van der Waals surface area contributed by atoms with Crippen LogP contribution >= 0.6 is 11.8 Å². The number of rotatable bonds is 8. The highest BCUT2D eigenvalue weighted by molar-refractivity contribution is 7.99. The second-order valence-electron chi connectivity index (χ2n) is 5.29. The summed E-state index contributed by atoms with van der Waals surface area (Å²) in [6, 6.07) is 1.43. The molecule has 3 heteroatoms. The molecule has 0 bridgehead atoms. The molecule has 1 heterocycles. The molecule has 17 heavy (non-hydrogen) atoms. The molecule has 2 nitrogen and oxygen atoms in total. The van der Waals surface area contributed by atoms with Gasteiger partial charge in [0.05, 0.1) is 0 Å². The highest BCUT2D eigenvalue weighted by Crippen LogP contribution is 2.11. The van der Waals surface area contributed by atoms with Crippen LogP contribution in [-0.4, -0.2) is 48.1 Å². The van der Waals surface area contributed by atoms with Crippen LogP contribution in [0.5, 0.6) is 0 Å². The SMILES string of the molecule is CCSCCCN(CC1CCCCN1)C(C)C. The van der Waals surface area contributed by atoms with Gasteiger partial charge in [-0.15, -0.1) is 0 Å². The molecule has 1 aliphatic heterocycles. The standard InChI is InChI=1S/C14H30N2S/c1-4-17-11-7-10-16(13(2)3)12-14-8-5-6-9-15-14/h13-15H,4-12H2,1-3H3. The molecule has 0 saturated carbocycles. The van der Waals surface area contributed by atoms with Crippen molar-refractivity contribution < 1.29 is 0 Å². The Morgan fingerprint density at radius 1 is 1.35 bits per heavy atom. The Morgan fingerprint density at radius 2 is 2.18 bits per heavy atom. The second-order valence-corrected chi connectivity index (χ2v) is 6.68. The van der Waals surface area contributed by atoms with Crippen molar-refractivity contribution in [2.75, 3.05) is 31.1 Å². The molecule has 0 aromatic heterocycles. The van der Waals surface area contributed by atoms with E-state index in [2.05, 4.69) is 42.7 Å². The maximum atomic E-state index is 3.66. The number of nitrogens with zero attached hydrogens (tertiary/aromatic N) is 1. The summed E-state index contributed by atoms with van der Waals surface area (Å²) in [6.45, 7) is 10.6. The third-order valence-electron chi connectivity index (χ3n) is 3.54. The topological polar surface area (TPSA) is 15.3 Å². The summed E-state index contributed by atoms with van der Waals surface area (Å²) in [5.41, 5.74) is 0. The van der Waals surface area contributed by atoms with Crippen molar-refractivity contribution in [3.05, 3.63) is 0 Å². The van der Waals surface area contributed by atoms with Crippen molar-refractivity contribution in [1.82, 2.24) is 10.2 Å². The Labute approximate surface area is 112 Å². The second kappa shape index (κ2) is 9.23. The maximum absolute atomic E-state index is 3.66. The van der Waals surface area contributed by atoms with E-state index in [1.807, 2.05) is 0 Å². The van der Waals surface area contributed by atoms with Gasteiger partial charge in [-0.25, -0.2) is 0 Å². The van der Waals surface area contributed by atoms with E-state index in [1.54, 1.807) is 0 Å². The third-order valence-corrected chi connectivity index (χ3v) is 4.52. The summed E-state index contributed by atoms with van der Waals surface area (Å²) in [7, 11) is 0. The zero-order valence-electron chi connectivity index (χ0n) is 11.9. The largest absolute Gasteiger partial charge is 0.313 e. The molecule has 1 N–H and O–H groups in total. The van der Waals surface area contributed by atoms with Crippen LogP contribution in [0.25, 0.3) is 0 Å². The fourth-order valence-electron chi connectivity index (χ4n) is 2.44. The van der Waals surface area contributed by atoms with Gasteiger partial charge in [0.25, 0.3) is 0 Å².